The van der Waals surface area contributed by atoms with Crippen LogP contribution in [0.4, 0.5) is 5.69 Å². The summed E-state index contributed by atoms with van der Waals surface area (Å²) in [5.74, 6) is -0.263. The molecule has 108 valence electrons. The SMILES string of the molecule is O=[N+]([O-])c1ccc(ON=NOc2cccc(O)c2)cc1O. The van der Waals surface area contributed by atoms with Gasteiger partial charge in [0.05, 0.1) is 15.5 Å². The molecule has 0 atom stereocenters. The first-order chi connectivity index (χ1) is 10.1. The second kappa shape index (κ2) is 6.19. The zero-order valence-electron chi connectivity index (χ0n) is 10.4. The van der Waals surface area contributed by atoms with Crippen LogP contribution in [0.15, 0.2) is 53.0 Å². The van der Waals surface area contributed by atoms with Crippen LogP contribution in [0.25, 0.3) is 0 Å². The van der Waals surface area contributed by atoms with Gasteiger partial charge in [0.15, 0.2) is 17.2 Å². The second-order valence-electron chi connectivity index (χ2n) is 3.75. The first kappa shape index (κ1) is 14.1. The molecule has 0 radical (unpaired) electrons. The molecule has 0 spiro atoms. The normalized spacial score (nSPS) is 10.5. The van der Waals surface area contributed by atoms with Gasteiger partial charge in [-0.25, -0.2) is 0 Å². The molecule has 0 fully saturated rings. The largest absolute Gasteiger partial charge is 0.508 e. The maximum Gasteiger partial charge on any atom is 0.310 e. The van der Waals surface area contributed by atoms with E-state index in [4.69, 9.17) is 9.68 Å². The third kappa shape index (κ3) is 3.80. The molecule has 2 rings (SSSR count). The Kier molecular flexibility index (Phi) is 4.14. The van der Waals surface area contributed by atoms with Crippen LogP contribution in [0.1, 0.15) is 0 Å². The number of nitrogens with zero attached hydrogens (tertiary/aromatic N) is 3. The Balaban J connectivity index is 1.95. The molecule has 9 nitrogen and oxygen atoms in total. The molecule has 2 aromatic carbocycles. The van der Waals surface area contributed by atoms with Crippen molar-refractivity contribution in [1.29, 1.82) is 0 Å². The molecular formula is C12H9N3O6. The lowest BCUT2D eigenvalue weighted by Crippen LogP contribution is -1.90. The third-order valence-corrected chi connectivity index (χ3v) is 2.29. The van der Waals surface area contributed by atoms with E-state index in [9.17, 15) is 20.3 Å². The number of phenolic OH excluding ortho intramolecular Hbond substituents is 2. The summed E-state index contributed by atoms with van der Waals surface area (Å²) < 4.78 is 0. The minimum Gasteiger partial charge on any atom is -0.508 e. The predicted octanol–water partition coefficient (Wildman–Crippen LogP) is 2.75. The van der Waals surface area contributed by atoms with E-state index in [2.05, 4.69) is 10.6 Å². The first-order valence-corrected chi connectivity index (χ1v) is 5.57. The average molecular weight is 291 g/mol. The molecule has 0 aliphatic rings. The van der Waals surface area contributed by atoms with Gasteiger partial charge in [0.25, 0.3) is 0 Å². The second-order valence-corrected chi connectivity index (χ2v) is 3.75. The molecule has 2 aromatic rings. The molecule has 0 aliphatic carbocycles. The predicted molar refractivity (Wildman–Crippen MR) is 69.0 cm³/mol. The van der Waals surface area contributed by atoms with E-state index in [-0.39, 0.29) is 17.2 Å². The van der Waals surface area contributed by atoms with Crippen molar-refractivity contribution < 1.29 is 24.8 Å². The van der Waals surface area contributed by atoms with Crippen molar-refractivity contribution in [3.63, 3.8) is 0 Å². The zero-order valence-corrected chi connectivity index (χ0v) is 10.4. The van der Waals surface area contributed by atoms with Crippen LogP contribution < -0.4 is 9.68 Å². The van der Waals surface area contributed by atoms with Gasteiger partial charge in [0.1, 0.15) is 5.75 Å². The maximum atomic E-state index is 10.5. The lowest BCUT2D eigenvalue weighted by molar-refractivity contribution is -0.385. The average Bonchev–Trinajstić information content (AvgIpc) is 2.43. The molecular weight excluding hydrogens is 282 g/mol. The van der Waals surface area contributed by atoms with Crippen molar-refractivity contribution in [2.24, 2.45) is 10.6 Å². The first-order valence-electron chi connectivity index (χ1n) is 5.57. The molecule has 0 aromatic heterocycles. The van der Waals surface area contributed by atoms with Gasteiger partial charge >= 0.3 is 5.69 Å². The van der Waals surface area contributed by atoms with Gasteiger partial charge in [-0.15, -0.1) is 0 Å². The van der Waals surface area contributed by atoms with Crippen LogP contribution in [-0.4, -0.2) is 15.1 Å². The number of phenols is 2. The number of hydrogen-bond donors (Lipinski definition) is 2. The van der Waals surface area contributed by atoms with Gasteiger partial charge in [-0.1, -0.05) is 6.07 Å². The van der Waals surface area contributed by atoms with Crippen molar-refractivity contribution in [2.75, 3.05) is 0 Å². The Hall–Kier alpha value is -3.36. The lowest BCUT2D eigenvalue weighted by Gasteiger charge is -1.99. The summed E-state index contributed by atoms with van der Waals surface area (Å²) in [6.45, 7) is 0. The fraction of sp³-hybridized carbons (Fsp3) is 0. The van der Waals surface area contributed by atoms with E-state index in [0.717, 1.165) is 12.1 Å². The Morgan fingerprint density at radius 3 is 2.24 bits per heavy atom. The summed E-state index contributed by atoms with van der Waals surface area (Å²) in [7, 11) is 0. The van der Waals surface area contributed by atoms with Crippen molar-refractivity contribution in [3.05, 3.63) is 52.6 Å². The number of nitro groups is 1. The Morgan fingerprint density at radius 1 is 1.00 bits per heavy atom. The molecule has 0 bridgehead atoms. The van der Waals surface area contributed by atoms with Crippen molar-refractivity contribution >= 4 is 5.69 Å². The standard InChI is InChI=1S/C12H9N3O6/c16-8-2-1-3-9(6-8)20-13-14-21-10-4-5-11(15(18)19)12(17)7-10/h1-7,16-17H. The molecule has 0 saturated carbocycles. The number of aromatic hydroxyl groups is 2. The molecule has 2 N–H and O–H groups in total. The monoisotopic (exact) mass is 291 g/mol. The van der Waals surface area contributed by atoms with Gasteiger partial charge in [-0.05, 0) is 18.2 Å². The van der Waals surface area contributed by atoms with E-state index in [1.54, 1.807) is 6.07 Å². The molecule has 0 amide bonds. The molecule has 9 heteroatoms. The van der Waals surface area contributed by atoms with Gasteiger partial charge in [0.2, 0.25) is 0 Å². The highest BCUT2D eigenvalue weighted by Gasteiger charge is 2.13. The fourth-order valence-electron chi connectivity index (χ4n) is 1.38. The summed E-state index contributed by atoms with van der Waals surface area (Å²) >= 11 is 0. The molecule has 0 heterocycles. The van der Waals surface area contributed by atoms with Crippen LogP contribution >= 0.6 is 0 Å². The smallest absolute Gasteiger partial charge is 0.310 e. The number of benzene rings is 2. The van der Waals surface area contributed by atoms with Gasteiger partial charge < -0.3 is 19.9 Å². The van der Waals surface area contributed by atoms with Crippen LogP contribution in [0, 0.1) is 10.1 Å². The Morgan fingerprint density at radius 2 is 1.67 bits per heavy atom. The molecule has 21 heavy (non-hydrogen) atoms. The summed E-state index contributed by atoms with van der Waals surface area (Å²) in [6, 6.07) is 9.19. The van der Waals surface area contributed by atoms with E-state index < -0.39 is 16.4 Å². The van der Waals surface area contributed by atoms with Crippen molar-refractivity contribution in [2.45, 2.75) is 0 Å². The number of hydrogen-bond acceptors (Lipinski definition) is 8. The van der Waals surface area contributed by atoms with Gasteiger partial charge in [-0.3, -0.25) is 10.1 Å². The Bertz CT molecular complexity index is 688. The van der Waals surface area contributed by atoms with Crippen LogP contribution in [-0.2, 0) is 0 Å². The summed E-state index contributed by atoms with van der Waals surface area (Å²) in [6.07, 6.45) is 0. The highest BCUT2D eigenvalue weighted by Crippen LogP contribution is 2.29. The molecule has 0 saturated heterocycles. The maximum absolute atomic E-state index is 10.5. The lowest BCUT2D eigenvalue weighted by atomic mass is 10.3. The third-order valence-electron chi connectivity index (χ3n) is 2.29. The zero-order chi connectivity index (χ0) is 15.2. The van der Waals surface area contributed by atoms with Crippen molar-refractivity contribution in [3.8, 4) is 23.0 Å². The van der Waals surface area contributed by atoms with Gasteiger partial charge in [-0.2, -0.15) is 0 Å². The minimum atomic E-state index is -0.731. The highest BCUT2D eigenvalue weighted by atomic mass is 16.7. The summed E-state index contributed by atoms with van der Waals surface area (Å²) in [4.78, 5) is 19.3. The van der Waals surface area contributed by atoms with Crippen LogP contribution in [0.2, 0.25) is 0 Å². The van der Waals surface area contributed by atoms with Crippen LogP contribution in [0.5, 0.6) is 23.0 Å². The summed E-state index contributed by atoms with van der Waals surface area (Å²) in [5.41, 5.74) is -0.449. The number of rotatable bonds is 5. The van der Waals surface area contributed by atoms with E-state index in [0.29, 0.717) is 0 Å². The van der Waals surface area contributed by atoms with E-state index in [1.165, 1.54) is 24.3 Å². The highest BCUT2D eigenvalue weighted by molar-refractivity contribution is 5.49. The van der Waals surface area contributed by atoms with E-state index >= 15 is 0 Å². The van der Waals surface area contributed by atoms with Crippen molar-refractivity contribution in [1.82, 2.24) is 0 Å². The minimum absolute atomic E-state index is 0.00362. The fourth-order valence-corrected chi connectivity index (χ4v) is 1.38. The molecule has 0 aliphatic heterocycles. The van der Waals surface area contributed by atoms with Crippen LogP contribution in [0.3, 0.4) is 0 Å². The quantitative estimate of drug-likeness (QED) is 0.495. The summed E-state index contributed by atoms with van der Waals surface area (Å²) in [5, 5.41) is 35.5. The topological polar surface area (TPSA) is 127 Å². The molecule has 0 unspecified atom stereocenters. The number of nitro benzene ring substituents is 1. The van der Waals surface area contributed by atoms with E-state index in [1.807, 2.05) is 0 Å². The Labute approximate surface area is 117 Å². The van der Waals surface area contributed by atoms with Gasteiger partial charge in [0, 0.05) is 18.2 Å².